The Balaban J connectivity index is 1.73. The first-order valence-electron chi connectivity index (χ1n) is 5.17. The molecule has 0 aliphatic carbocycles. The third kappa shape index (κ3) is 2.04. The highest BCUT2D eigenvalue weighted by molar-refractivity contribution is 14.1. The summed E-state index contributed by atoms with van der Waals surface area (Å²) in [6.45, 7) is 3.03. The number of hydrogen-bond acceptors (Lipinski definition) is 5. The van der Waals surface area contributed by atoms with Crippen molar-refractivity contribution in [3.05, 3.63) is 8.84 Å². The molecule has 15 heavy (non-hydrogen) atoms. The zero-order valence-corrected chi connectivity index (χ0v) is 11.2. The van der Waals surface area contributed by atoms with Gasteiger partial charge >= 0.3 is 0 Å². The summed E-state index contributed by atoms with van der Waals surface area (Å²) < 4.78 is 11.1. The maximum absolute atomic E-state index is 5.83. The van der Waals surface area contributed by atoms with E-state index in [1.54, 1.807) is 0 Å². The van der Waals surface area contributed by atoms with E-state index in [2.05, 4.69) is 36.8 Å². The maximum Gasteiger partial charge on any atom is 0.174 e. The molecule has 4 nitrogen and oxygen atoms in total. The number of nitrogens with zero attached hydrogens (tertiary/aromatic N) is 3. The highest BCUT2D eigenvalue weighted by atomic mass is 127. The van der Waals surface area contributed by atoms with Crippen LogP contribution in [-0.2, 0) is 4.74 Å². The quantitative estimate of drug-likeness (QED) is 0.731. The second-order valence-corrected chi connectivity index (χ2v) is 6.52. The molecule has 1 aromatic rings. The second kappa shape index (κ2) is 4.23. The Bertz CT molecular complexity index is 359. The van der Waals surface area contributed by atoms with Crippen LogP contribution in [-0.4, -0.2) is 40.0 Å². The lowest BCUT2D eigenvalue weighted by molar-refractivity contribution is -0.0536. The summed E-state index contributed by atoms with van der Waals surface area (Å²) in [6.07, 6.45) is 2.69. The van der Waals surface area contributed by atoms with Gasteiger partial charge in [-0.1, -0.05) is 0 Å². The summed E-state index contributed by atoms with van der Waals surface area (Å²) in [5.74, 6) is 0.870. The van der Waals surface area contributed by atoms with Crippen LogP contribution in [0.4, 0.5) is 0 Å². The van der Waals surface area contributed by atoms with Crippen molar-refractivity contribution in [2.24, 2.45) is 0 Å². The van der Waals surface area contributed by atoms with E-state index in [4.69, 9.17) is 4.74 Å². The summed E-state index contributed by atoms with van der Waals surface area (Å²) in [7, 11) is 0. The fraction of sp³-hybridized carbons (Fsp3) is 0.778. The van der Waals surface area contributed by atoms with E-state index in [1.807, 2.05) is 0 Å². The number of rotatable bonds is 1. The van der Waals surface area contributed by atoms with Gasteiger partial charge in [0.15, 0.2) is 8.84 Å². The lowest BCUT2D eigenvalue weighted by Crippen LogP contribution is -2.42. The molecule has 3 rings (SSSR count). The molecule has 2 unspecified atom stereocenters. The third-order valence-corrected chi connectivity index (χ3v) is 4.45. The van der Waals surface area contributed by atoms with Crippen LogP contribution in [0, 0.1) is 3.01 Å². The molecular weight excluding hydrogens is 325 g/mol. The summed E-state index contributed by atoms with van der Waals surface area (Å²) in [6, 6.07) is 0.652. The van der Waals surface area contributed by atoms with Gasteiger partial charge in [-0.25, -0.2) is 4.98 Å². The van der Waals surface area contributed by atoms with E-state index >= 15 is 0 Å². The Morgan fingerprint density at radius 1 is 1.53 bits per heavy atom. The highest BCUT2D eigenvalue weighted by Crippen LogP contribution is 2.29. The number of hydrogen-bond donors (Lipinski definition) is 0. The maximum atomic E-state index is 5.83. The van der Waals surface area contributed by atoms with Crippen LogP contribution in [0.5, 0.6) is 0 Å². The van der Waals surface area contributed by atoms with E-state index in [9.17, 15) is 0 Å². The van der Waals surface area contributed by atoms with E-state index < -0.39 is 0 Å². The second-order valence-electron chi connectivity index (χ2n) is 4.02. The van der Waals surface area contributed by atoms with E-state index in [0.29, 0.717) is 6.04 Å². The molecular formula is C9H12IN3OS. The number of morpholine rings is 1. The number of aromatic nitrogens is 2. The Labute approximate surface area is 106 Å². The minimum atomic E-state index is 0.0964. The van der Waals surface area contributed by atoms with Crippen LogP contribution >= 0.6 is 34.1 Å². The minimum Gasteiger partial charge on any atom is -0.367 e. The van der Waals surface area contributed by atoms with E-state index in [1.165, 1.54) is 30.9 Å². The molecule has 6 heteroatoms. The SMILES string of the molecule is Ic1nc(C2CN3CCCC3CO2)ns1. The van der Waals surface area contributed by atoms with Gasteiger partial charge in [0, 0.05) is 12.6 Å². The van der Waals surface area contributed by atoms with Crippen LogP contribution in [0.1, 0.15) is 24.8 Å². The zero-order valence-electron chi connectivity index (χ0n) is 8.23. The van der Waals surface area contributed by atoms with Crippen molar-refractivity contribution in [3.63, 3.8) is 0 Å². The van der Waals surface area contributed by atoms with Gasteiger partial charge in [0.05, 0.1) is 6.61 Å². The number of ether oxygens (including phenoxy) is 1. The zero-order chi connectivity index (χ0) is 10.3. The Hall–Kier alpha value is 0.210. The van der Waals surface area contributed by atoms with Crippen molar-refractivity contribution < 1.29 is 4.74 Å². The van der Waals surface area contributed by atoms with Gasteiger partial charge in [0.2, 0.25) is 0 Å². The molecule has 3 heterocycles. The Morgan fingerprint density at radius 2 is 2.47 bits per heavy atom. The molecule has 0 N–H and O–H groups in total. The fourth-order valence-electron chi connectivity index (χ4n) is 2.32. The van der Waals surface area contributed by atoms with Crippen molar-refractivity contribution >= 4 is 34.1 Å². The van der Waals surface area contributed by atoms with Gasteiger partial charge in [-0.2, -0.15) is 4.37 Å². The molecule has 1 aromatic heterocycles. The van der Waals surface area contributed by atoms with Crippen LogP contribution < -0.4 is 0 Å². The van der Waals surface area contributed by atoms with Crippen LogP contribution in [0.3, 0.4) is 0 Å². The van der Waals surface area contributed by atoms with E-state index in [0.717, 1.165) is 22.0 Å². The van der Waals surface area contributed by atoms with Gasteiger partial charge in [-0.3, -0.25) is 4.90 Å². The normalized spacial score (nSPS) is 31.8. The fourth-order valence-corrected chi connectivity index (χ4v) is 3.32. The molecule has 2 fully saturated rings. The number of fused-ring (bicyclic) bond motifs is 1. The van der Waals surface area contributed by atoms with Gasteiger partial charge in [0.25, 0.3) is 0 Å². The molecule has 2 aliphatic heterocycles. The third-order valence-electron chi connectivity index (χ3n) is 3.09. The molecule has 2 aliphatic rings. The van der Waals surface area contributed by atoms with Crippen molar-refractivity contribution in [3.8, 4) is 0 Å². The number of halogens is 1. The van der Waals surface area contributed by atoms with Crippen molar-refractivity contribution in [2.75, 3.05) is 19.7 Å². The smallest absolute Gasteiger partial charge is 0.174 e. The molecule has 2 atom stereocenters. The lowest BCUT2D eigenvalue weighted by Gasteiger charge is -2.33. The van der Waals surface area contributed by atoms with Crippen LogP contribution in [0.2, 0.25) is 0 Å². The molecule has 82 valence electrons. The summed E-state index contributed by atoms with van der Waals surface area (Å²) in [4.78, 5) is 6.91. The van der Waals surface area contributed by atoms with Gasteiger partial charge < -0.3 is 4.74 Å². The Morgan fingerprint density at radius 3 is 3.27 bits per heavy atom. The first kappa shape index (κ1) is 10.4. The first-order valence-corrected chi connectivity index (χ1v) is 7.03. The lowest BCUT2D eigenvalue weighted by atomic mass is 10.2. The summed E-state index contributed by atoms with van der Waals surface area (Å²) in [5.41, 5.74) is 0. The van der Waals surface area contributed by atoms with Gasteiger partial charge in [-0.05, 0) is 53.5 Å². The summed E-state index contributed by atoms with van der Waals surface area (Å²) >= 11 is 3.65. The first-order chi connectivity index (χ1) is 7.33. The largest absolute Gasteiger partial charge is 0.367 e. The monoisotopic (exact) mass is 337 g/mol. The van der Waals surface area contributed by atoms with Gasteiger partial charge in [0.1, 0.15) is 6.10 Å². The molecule has 0 amide bonds. The van der Waals surface area contributed by atoms with Crippen LogP contribution in [0.15, 0.2) is 0 Å². The highest BCUT2D eigenvalue weighted by Gasteiger charge is 2.34. The topological polar surface area (TPSA) is 38.2 Å². The van der Waals surface area contributed by atoms with Crippen molar-refractivity contribution in [2.45, 2.75) is 25.0 Å². The molecule has 0 saturated carbocycles. The standard InChI is InChI=1S/C9H12IN3OS/c10-9-11-8(12-15-9)7-4-13-3-1-2-6(13)5-14-7/h6-7H,1-5H2. The molecule has 0 spiro atoms. The van der Waals surface area contributed by atoms with Crippen LogP contribution in [0.25, 0.3) is 0 Å². The predicted octanol–water partition coefficient (Wildman–Crippen LogP) is 1.68. The molecule has 0 radical (unpaired) electrons. The molecule has 0 bridgehead atoms. The van der Waals surface area contributed by atoms with Crippen molar-refractivity contribution in [1.82, 2.24) is 14.3 Å². The molecule has 2 saturated heterocycles. The predicted molar refractivity (Wildman–Crippen MR) is 65.9 cm³/mol. The Kier molecular flexibility index (Phi) is 2.92. The molecule has 0 aromatic carbocycles. The summed E-state index contributed by atoms with van der Waals surface area (Å²) in [5, 5.41) is 0. The van der Waals surface area contributed by atoms with Gasteiger partial charge in [-0.15, -0.1) is 0 Å². The van der Waals surface area contributed by atoms with E-state index in [-0.39, 0.29) is 6.10 Å². The average molecular weight is 337 g/mol. The van der Waals surface area contributed by atoms with Crippen molar-refractivity contribution in [1.29, 1.82) is 0 Å². The minimum absolute atomic E-state index is 0.0964. The average Bonchev–Trinajstić information content (AvgIpc) is 2.84.